The number of furan rings is 1. The molecule has 3 aromatic rings. The highest BCUT2D eigenvalue weighted by molar-refractivity contribution is 5.84. The van der Waals surface area contributed by atoms with Crippen molar-refractivity contribution in [2.45, 2.75) is 25.8 Å². The number of aromatic nitrogens is 1. The molecule has 3 heterocycles. The molecule has 1 aliphatic rings. The lowest BCUT2D eigenvalue weighted by molar-refractivity contribution is 0.206. The third kappa shape index (κ3) is 3.04. The van der Waals surface area contributed by atoms with Crippen molar-refractivity contribution in [3.05, 3.63) is 53.9 Å². The van der Waals surface area contributed by atoms with Gasteiger partial charge in [-0.1, -0.05) is 18.6 Å². The first kappa shape index (κ1) is 14.9. The SMILES string of the molecule is N#Cc1cnc2cc(-c3ccc(CN4CCCCC4)o3)ccc2c1. The zero-order chi connectivity index (χ0) is 16.4. The lowest BCUT2D eigenvalue weighted by Crippen LogP contribution is -2.28. The molecule has 24 heavy (non-hydrogen) atoms. The van der Waals surface area contributed by atoms with Crippen molar-refractivity contribution in [3.63, 3.8) is 0 Å². The molecule has 0 unspecified atom stereocenters. The van der Waals surface area contributed by atoms with Crippen LogP contribution in [0.15, 0.2) is 47.0 Å². The van der Waals surface area contributed by atoms with E-state index < -0.39 is 0 Å². The average Bonchev–Trinajstić information content (AvgIpc) is 3.10. The van der Waals surface area contributed by atoms with Crippen molar-refractivity contribution in [3.8, 4) is 17.4 Å². The number of piperidine rings is 1. The standard InChI is InChI=1S/C20H19N3O/c21-12-15-10-16-4-5-17(11-19(16)22-13-15)20-7-6-18(24-20)14-23-8-2-1-3-9-23/h4-7,10-11,13H,1-3,8-9,14H2. The second kappa shape index (κ2) is 6.46. The molecule has 0 saturated carbocycles. The Morgan fingerprint density at radius 2 is 1.96 bits per heavy atom. The average molecular weight is 317 g/mol. The number of benzene rings is 1. The number of hydrogen-bond acceptors (Lipinski definition) is 4. The Labute approximate surface area is 141 Å². The largest absolute Gasteiger partial charge is 0.460 e. The van der Waals surface area contributed by atoms with Crippen LogP contribution in [0.5, 0.6) is 0 Å². The fourth-order valence-corrected chi connectivity index (χ4v) is 3.29. The molecule has 1 aliphatic heterocycles. The number of hydrogen-bond donors (Lipinski definition) is 0. The molecular weight excluding hydrogens is 298 g/mol. The maximum Gasteiger partial charge on any atom is 0.134 e. The Balaban J connectivity index is 1.57. The Morgan fingerprint density at radius 1 is 1.08 bits per heavy atom. The first-order chi connectivity index (χ1) is 11.8. The van der Waals surface area contributed by atoms with Gasteiger partial charge in [0.25, 0.3) is 0 Å². The van der Waals surface area contributed by atoms with Gasteiger partial charge >= 0.3 is 0 Å². The minimum atomic E-state index is 0.581. The summed E-state index contributed by atoms with van der Waals surface area (Å²) in [5, 5.41) is 9.93. The molecule has 0 radical (unpaired) electrons. The number of nitriles is 1. The Hall–Kier alpha value is -2.64. The van der Waals surface area contributed by atoms with Crippen LogP contribution in [0.2, 0.25) is 0 Å². The number of pyridine rings is 1. The van der Waals surface area contributed by atoms with Crippen LogP contribution in [0, 0.1) is 11.3 Å². The van der Waals surface area contributed by atoms with Crippen molar-refractivity contribution in [2.75, 3.05) is 13.1 Å². The Bertz CT molecular complexity index is 901. The normalized spacial score (nSPS) is 15.5. The van der Waals surface area contributed by atoms with Crippen LogP contribution in [0.25, 0.3) is 22.2 Å². The third-order valence-electron chi connectivity index (χ3n) is 4.59. The van der Waals surface area contributed by atoms with Gasteiger partial charge in [0.15, 0.2) is 0 Å². The van der Waals surface area contributed by atoms with Crippen molar-refractivity contribution < 1.29 is 4.42 Å². The van der Waals surface area contributed by atoms with E-state index in [-0.39, 0.29) is 0 Å². The Kier molecular flexibility index (Phi) is 4.02. The van der Waals surface area contributed by atoms with E-state index in [1.165, 1.54) is 19.3 Å². The van der Waals surface area contributed by atoms with Gasteiger partial charge < -0.3 is 4.42 Å². The fraction of sp³-hybridized carbons (Fsp3) is 0.300. The molecule has 0 amide bonds. The van der Waals surface area contributed by atoms with Crippen LogP contribution in [0.4, 0.5) is 0 Å². The lowest BCUT2D eigenvalue weighted by Gasteiger charge is -2.25. The zero-order valence-corrected chi connectivity index (χ0v) is 13.5. The molecule has 0 atom stereocenters. The summed E-state index contributed by atoms with van der Waals surface area (Å²) in [7, 11) is 0. The van der Waals surface area contributed by atoms with E-state index in [2.05, 4.69) is 22.0 Å². The smallest absolute Gasteiger partial charge is 0.134 e. The van der Waals surface area contributed by atoms with Crippen LogP contribution in [0.1, 0.15) is 30.6 Å². The van der Waals surface area contributed by atoms with Crippen LogP contribution < -0.4 is 0 Å². The van der Waals surface area contributed by atoms with Gasteiger partial charge in [-0.2, -0.15) is 5.26 Å². The number of rotatable bonds is 3. The number of nitrogens with zero attached hydrogens (tertiary/aromatic N) is 3. The first-order valence-corrected chi connectivity index (χ1v) is 8.43. The van der Waals surface area contributed by atoms with E-state index in [1.54, 1.807) is 6.20 Å². The molecule has 1 aromatic carbocycles. The number of fused-ring (bicyclic) bond motifs is 1. The van der Waals surface area contributed by atoms with Crippen LogP contribution in [-0.4, -0.2) is 23.0 Å². The summed E-state index contributed by atoms with van der Waals surface area (Å²) in [6, 6.07) is 14.1. The molecule has 1 fully saturated rings. The monoisotopic (exact) mass is 317 g/mol. The summed E-state index contributed by atoms with van der Waals surface area (Å²) >= 11 is 0. The summed E-state index contributed by atoms with van der Waals surface area (Å²) in [4.78, 5) is 6.82. The molecule has 0 aliphatic carbocycles. The molecule has 0 spiro atoms. The van der Waals surface area contributed by atoms with Crippen LogP contribution in [-0.2, 0) is 6.54 Å². The topological polar surface area (TPSA) is 53.1 Å². The van der Waals surface area contributed by atoms with Crippen molar-refractivity contribution in [1.29, 1.82) is 5.26 Å². The molecule has 2 aromatic heterocycles. The lowest BCUT2D eigenvalue weighted by atomic mass is 10.1. The molecule has 4 heteroatoms. The summed E-state index contributed by atoms with van der Waals surface area (Å²) in [5.41, 5.74) is 2.47. The van der Waals surface area contributed by atoms with E-state index in [0.717, 1.165) is 47.6 Å². The van der Waals surface area contributed by atoms with Crippen molar-refractivity contribution in [2.24, 2.45) is 0 Å². The van der Waals surface area contributed by atoms with Gasteiger partial charge in [-0.05, 0) is 50.2 Å². The van der Waals surface area contributed by atoms with E-state index in [1.807, 2.05) is 30.3 Å². The maximum absolute atomic E-state index is 8.96. The van der Waals surface area contributed by atoms with Gasteiger partial charge in [-0.15, -0.1) is 0 Å². The molecule has 0 bridgehead atoms. The third-order valence-corrected chi connectivity index (χ3v) is 4.59. The van der Waals surface area contributed by atoms with Gasteiger partial charge in [0.2, 0.25) is 0 Å². The maximum atomic E-state index is 8.96. The summed E-state index contributed by atoms with van der Waals surface area (Å²) in [5.74, 6) is 1.88. The minimum absolute atomic E-state index is 0.581. The molecule has 120 valence electrons. The fourth-order valence-electron chi connectivity index (χ4n) is 3.29. The van der Waals surface area contributed by atoms with Gasteiger partial charge in [0, 0.05) is 17.1 Å². The van der Waals surface area contributed by atoms with Crippen LogP contribution in [0.3, 0.4) is 0 Å². The van der Waals surface area contributed by atoms with Crippen molar-refractivity contribution in [1.82, 2.24) is 9.88 Å². The predicted octanol–water partition coefficient (Wildman–Crippen LogP) is 4.35. The molecule has 4 nitrogen and oxygen atoms in total. The second-order valence-corrected chi connectivity index (χ2v) is 6.35. The summed E-state index contributed by atoms with van der Waals surface area (Å²) in [6.07, 6.45) is 5.52. The van der Waals surface area contributed by atoms with Gasteiger partial charge in [-0.3, -0.25) is 9.88 Å². The number of likely N-dealkylation sites (tertiary alicyclic amines) is 1. The molecular formula is C20H19N3O. The quantitative estimate of drug-likeness (QED) is 0.720. The highest BCUT2D eigenvalue weighted by Gasteiger charge is 2.13. The predicted molar refractivity (Wildman–Crippen MR) is 93.3 cm³/mol. The van der Waals surface area contributed by atoms with Crippen molar-refractivity contribution >= 4 is 10.9 Å². The molecule has 1 saturated heterocycles. The molecule has 4 rings (SSSR count). The van der Waals surface area contributed by atoms with E-state index >= 15 is 0 Å². The first-order valence-electron chi connectivity index (χ1n) is 8.43. The van der Waals surface area contributed by atoms with Gasteiger partial charge in [0.1, 0.15) is 17.6 Å². The van der Waals surface area contributed by atoms with Crippen LogP contribution >= 0.6 is 0 Å². The Morgan fingerprint density at radius 3 is 2.79 bits per heavy atom. The zero-order valence-electron chi connectivity index (χ0n) is 13.5. The summed E-state index contributed by atoms with van der Waals surface area (Å²) in [6.45, 7) is 3.21. The highest BCUT2D eigenvalue weighted by Crippen LogP contribution is 2.26. The van der Waals surface area contributed by atoms with Gasteiger partial charge in [-0.25, -0.2) is 0 Å². The van der Waals surface area contributed by atoms with E-state index in [0.29, 0.717) is 5.56 Å². The second-order valence-electron chi connectivity index (χ2n) is 6.35. The van der Waals surface area contributed by atoms with E-state index in [9.17, 15) is 0 Å². The minimum Gasteiger partial charge on any atom is -0.460 e. The van der Waals surface area contributed by atoms with E-state index in [4.69, 9.17) is 9.68 Å². The summed E-state index contributed by atoms with van der Waals surface area (Å²) < 4.78 is 6.04. The van der Waals surface area contributed by atoms with Gasteiger partial charge in [0.05, 0.1) is 17.6 Å². The molecule has 0 N–H and O–H groups in total. The highest BCUT2D eigenvalue weighted by atomic mass is 16.3.